The summed E-state index contributed by atoms with van der Waals surface area (Å²) in [6.45, 7) is 6.27. The van der Waals surface area contributed by atoms with Crippen LogP contribution in [0.4, 0.5) is 5.69 Å². The average molecular weight is 442 g/mol. The van der Waals surface area contributed by atoms with Crippen LogP contribution in [-0.4, -0.2) is 29.9 Å². The Morgan fingerprint density at radius 2 is 1.88 bits per heavy atom. The molecule has 0 fully saturated rings. The highest BCUT2D eigenvalue weighted by Gasteiger charge is 2.08. The summed E-state index contributed by atoms with van der Waals surface area (Å²) in [4.78, 5) is 18.3. The van der Waals surface area contributed by atoms with E-state index in [9.17, 15) is 4.79 Å². The summed E-state index contributed by atoms with van der Waals surface area (Å²) >= 11 is 0. The summed E-state index contributed by atoms with van der Waals surface area (Å²) in [5, 5.41) is 2.77. The van der Waals surface area contributed by atoms with Crippen LogP contribution in [0.3, 0.4) is 0 Å². The lowest BCUT2D eigenvalue weighted by atomic mass is 10.2. The SMILES string of the molecule is CCN(CC)C(N)=NCc1ccc(NC(=O)c2ccco2)cc1.I. The van der Waals surface area contributed by atoms with Crippen molar-refractivity contribution in [2.24, 2.45) is 10.7 Å². The van der Waals surface area contributed by atoms with Gasteiger partial charge >= 0.3 is 0 Å². The molecule has 0 unspecified atom stereocenters. The maximum Gasteiger partial charge on any atom is 0.291 e. The van der Waals surface area contributed by atoms with E-state index in [0.717, 1.165) is 18.7 Å². The molecule has 1 amide bonds. The second-order valence-electron chi connectivity index (χ2n) is 4.98. The van der Waals surface area contributed by atoms with E-state index in [1.54, 1.807) is 12.1 Å². The van der Waals surface area contributed by atoms with Crippen molar-refractivity contribution in [2.75, 3.05) is 18.4 Å². The number of nitrogens with one attached hydrogen (secondary N) is 1. The zero-order valence-electron chi connectivity index (χ0n) is 13.9. The molecule has 0 saturated heterocycles. The summed E-state index contributed by atoms with van der Waals surface area (Å²) < 4.78 is 5.05. The van der Waals surface area contributed by atoms with Crippen LogP contribution in [0.25, 0.3) is 0 Å². The summed E-state index contributed by atoms with van der Waals surface area (Å²) in [6, 6.07) is 10.8. The van der Waals surface area contributed by atoms with E-state index in [-0.39, 0.29) is 35.6 Å². The Hall–Kier alpha value is -2.03. The lowest BCUT2D eigenvalue weighted by molar-refractivity contribution is 0.0996. The Bertz CT molecular complexity index is 650. The van der Waals surface area contributed by atoms with Crippen molar-refractivity contribution in [1.82, 2.24) is 4.90 Å². The first-order valence-corrected chi connectivity index (χ1v) is 7.62. The number of guanidine groups is 1. The maximum atomic E-state index is 11.9. The van der Waals surface area contributed by atoms with Crippen LogP contribution < -0.4 is 11.1 Å². The van der Waals surface area contributed by atoms with Crippen molar-refractivity contribution in [3.63, 3.8) is 0 Å². The summed E-state index contributed by atoms with van der Waals surface area (Å²) in [5.41, 5.74) is 7.67. The number of hydrogen-bond donors (Lipinski definition) is 2. The highest BCUT2D eigenvalue weighted by Crippen LogP contribution is 2.12. The van der Waals surface area contributed by atoms with Gasteiger partial charge in [0.25, 0.3) is 5.91 Å². The minimum Gasteiger partial charge on any atom is -0.459 e. The fraction of sp³-hybridized carbons (Fsp3) is 0.294. The van der Waals surface area contributed by atoms with Gasteiger partial charge in [0.2, 0.25) is 0 Å². The van der Waals surface area contributed by atoms with Crippen LogP contribution in [0.2, 0.25) is 0 Å². The number of carbonyl (C=O) groups excluding carboxylic acids is 1. The van der Waals surface area contributed by atoms with Crippen LogP contribution in [0.15, 0.2) is 52.1 Å². The maximum absolute atomic E-state index is 11.9. The number of benzene rings is 1. The monoisotopic (exact) mass is 442 g/mol. The molecule has 130 valence electrons. The lowest BCUT2D eigenvalue weighted by Crippen LogP contribution is -2.37. The summed E-state index contributed by atoms with van der Waals surface area (Å²) in [6.07, 6.45) is 1.47. The van der Waals surface area contributed by atoms with Crippen molar-refractivity contribution in [3.8, 4) is 0 Å². The number of furan rings is 1. The Morgan fingerprint density at radius 3 is 2.42 bits per heavy atom. The molecule has 2 aromatic rings. The van der Waals surface area contributed by atoms with E-state index in [2.05, 4.69) is 10.3 Å². The van der Waals surface area contributed by atoms with Gasteiger partial charge in [-0.25, -0.2) is 4.99 Å². The highest BCUT2D eigenvalue weighted by molar-refractivity contribution is 14.0. The molecule has 3 N–H and O–H groups in total. The number of anilines is 1. The number of halogens is 1. The topological polar surface area (TPSA) is 83.9 Å². The smallest absolute Gasteiger partial charge is 0.291 e. The Kier molecular flexibility index (Phi) is 8.31. The van der Waals surface area contributed by atoms with E-state index >= 15 is 0 Å². The predicted molar refractivity (Wildman–Crippen MR) is 107 cm³/mol. The minimum atomic E-state index is -0.272. The van der Waals surface area contributed by atoms with Crippen LogP contribution in [0.5, 0.6) is 0 Å². The van der Waals surface area contributed by atoms with Crippen molar-refractivity contribution < 1.29 is 9.21 Å². The number of nitrogens with two attached hydrogens (primary N) is 1. The molecule has 0 bridgehead atoms. The summed E-state index contributed by atoms with van der Waals surface area (Å²) in [5.74, 6) is 0.558. The van der Waals surface area contributed by atoms with E-state index in [1.165, 1.54) is 6.26 Å². The second-order valence-corrected chi connectivity index (χ2v) is 4.98. The molecule has 0 atom stereocenters. The lowest BCUT2D eigenvalue weighted by Gasteiger charge is -2.19. The van der Waals surface area contributed by atoms with E-state index in [1.807, 2.05) is 43.0 Å². The molecule has 1 heterocycles. The van der Waals surface area contributed by atoms with Crippen LogP contribution in [0.1, 0.15) is 30.0 Å². The summed E-state index contributed by atoms with van der Waals surface area (Å²) in [7, 11) is 0. The minimum absolute atomic E-state index is 0. The Labute approximate surface area is 159 Å². The Morgan fingerprint density at radius 1 is 1.21 bits per heavy atom. The third-order valence-corrected chi connectivity index (χ3v) is 3.47. The van der Waals surface area contributed by atoms with Crippen molar-refractivity contribution in [1.29, 1.82) is 0 Å². The van der Waals surface area contributed by atoms with Gasteiger partial charge in [0.05, 0.1) is 12.8 Å². The van der Waals surface area contributed by atoms with Gasteiger partial charge in [-0.05, 0) is 43.7 Å². The second kappa shape index (κ2) is 9.96. The molecule has 1 aromatic heterocycles. The van der Waals surface area contributed by atoms with E-state index in [4.69, 9.17) is 10.2 Å². The molecule has 0 aliphatic heterocycles. The van der Waals surface area contributed by atoms with Crippen LogP contribution in [-0.2, 0) is 6.54 Å². The molecule has 7 heteroatoms. The molecule has 0 radical (unpaired) electrons. The van der Waals surface area contributed by atoms with Gasteiger partial charge in [-0.3, -0.25) is 4.79 Å². The number of amides is 1. The normalized spacial score (nSPS) is 10.8. The molecule has 0 aliphatic rings. The highest BCUT2D eigenvalue weighted by atomic mass is 127. The zero-order valence-corrected chi connectivity index (χ0v) is 16.2. The van der Waals surface area contributed by atoms with Gasteiger partial charge in [-0.1, -0.05) is 12.1 Å². The molecule has 0 saturated carbocycles. The van der Waals surface area contributed by atoms with E-state index in [0.29, 0.717) is 18.2 Å². The molecule has 0 spiro atoms. The van der Waals surface area contributed by atoms with Gasteiger partial charge in [0.1, 0.15) is 0 Å². The molecule has 1 aromatic carbocycles. The quantitative estimate of drug-likeness (QED) is 0.409. The number of hydrogen-bond acceptors (Lipinski definition) is 3. The number of carbonyl (C=O) groups is 1. The van der Waals surface area contributed by atoms with Gasteiger partial charge in [-0.2, -0.15) is 0 Å². The molecular formula is C17H23IN4O2. The fourth-order valence-electron chi connectivity index (χ4n) is 2.11. The number of rotatable bonds is 6. The van der Waals surface area contributed by atoms with Gasteiger partial charge in [0, 0.05) is 18.8 Å². The zero-order chi connectivity index (χ0) is 16.7. The molecular weight excluding hydrogens is 419 g/mol. The van der Waals surface area contributed by atoms with Crippen molar-refractivity contribution in [2.45, 2.75) is 20.4 Å². The molecule has 6 nitrogen and oxygen atoms in total. The standard InChI is InChI=1S/C17H22N4O2.HI/c1-3-21(4-2)17(18)19-12-13-7-9-14(10-8-13)20-16(22)15-6-5-11-23-15;/h5-11H,3-4,12H2,1-2H3,(H2,18,19)(H,20,22);1H. The first kappa shape index (κ1) is 20.0. The first-order valence-electron chi connectivity index (χ1n) is 7.62. The number of nitrogens with zero attached hydrogens (tertiary/aromatic N) is 2. The molecule has 0 aliphatic carbocycles. The van der Waals surface area contributed by atoms with Crippen molar-refractivity contribution in [3.05, 3.63) is 54.0 Å². The number of aliphatic imine (C=N–C) groups is 1. The predicted octanol–water partition coefficient (Wildman–Crippen LogP) is 3.31. The molecule has 24 heavy (non-hydrogen) atoms. The first-order chi connectivity index (χ1) is 11.1. The average Bonchev–Trinajstić information content (AvgIpc) is 3.10. The van der Waals surface area contributed by atoms with Crippen LogP contribution >= 0.6 is 24.0 Å². The molecule has 2 rings (SSSR count). The van der Waals surface area contributed by atoms with E-state index < -0.39 is 0 Å². The third kappa shape index (κ3) is 5.55. The largest absolute Gasteiger partial charge is 0.459 e. The fourth-order valence-corrected chi connectivity index (χ4v) is 2.11. The van der Waals surface area contributed by atoms with Gasteiger partial charge in [0.15, 0.2) is 11.7 Å². The van der Waals surface area contributed by atoms with Gasteiger partial charge in [-0.15, -0.1) is 24.0 Å². The van der Waals surface area contributed by atoms with Crippen molar-refractivity contribution >= 4 is 41.5 Å². The van der Waals surface area contributed by atoms with Crippen LogP contribution in [0, 0.1) is 0 Å². The van der Waals surface area contributed by atoms with Gasteiger partial charge < -0.3 is 20.4 Å². The Balaban J connectivity index is 0.00000288. The third-order valence-electron chi connectivity index (χ3n) is 3.47.